The van der Waals surface area contributed by atoms with Crippen LogP contribution in [0.25, 0.3) is 0 Å². The van der Waals surface area contributed by atoms with Crippen molar-refractivity contribution in [1.29, 1.82) is 0 Å². The number of esters is 1. The third kappa shape index (κ3) is 5.01. The summed E-state index contributed by atoms with van der Waals surface area (Å²) in [5, 5.41) is 3.92. The van der Waals surface area contributed by atoms with Crippen molar-refractivity contribution in [3.8, 4) is 5.75 Å². The Labute approximate surface area is 174 Å². The molecule has 0 aliphatic heterocycles. The standard InChI is InChI=1S/C21H14FIN2O3/c22-18-7-3-1-5-16(18)21(27)28-15-11-9-14(10-12-15)13-24-25-20(26)17-6-2-4-8-19(17)23/h1-13H,(H,25,26)/b24-13-. The highest BCUT2D eigenvalue weighted by atomic mass is 127. The summed E-state index contributed by atoms with van der Waals surface area (Å²) in [6.07, 6.45) is 1.47. The molecule has 0 bridgehead atoms. The molecule has 0 atom stereocenters. The number of halogens is 2. The molecule has 0 radical (unpaired) electrons. The third-order valence-electron chi connectivity index (χ3n) is 3.68. The van der Waals surface area contributed by atoms with Crippen LogP contribution in [-0.4, -0.2) is 18.1 Å². The van der Waals surface area contributed by atoms with Crippen LogP contribution in [-0.2, 0) is 0 Å². The van der Waals surface area contributed by atoms with Gasteiger partial charge in [-0.2, -0.15) is 5.10 Å². The van der Waals surface area contributed by atoms with Gasteiger partial charge in [-0.05, 0) is 76.7 Å². The zero-order chi connectivity index (χ0) is 19.9. The molecule has 1 N–H and O–H groups in total. The van der Waals surface area contributed by atoms with Crippen LogP contribution < -0.4 is 10.2 Å². The Morgan fingerprint density at radius 3 is 2.25 bits per heavy atom. The smallest absolute Gasteiger partial charge is 0.346 e. The molecular weight excluding hydrogens is 474 g/mol. The summed E-state index contributed by atoms with van der Waals surface area (Å²) in [4.78, 5) is 24.1. The van der Waals surface area contributed by atoms with E-state index in [-0.39, 0.29) is 17.2 Å². The van der Waals surface area contributed by atoms with E-state index in [9.17, 15) is 14.0 Å². The number of amides is 1. The van der Waals surface area contributed by atoms with Gasteiger partial charge in [0.15, 0.2) is 0 Å². The van der Waals surface area contributed by atoms with Crippen molar-refractivity contribution < 1.29 is 18.7 Å². The third-order valence-corrected chi connectivity index (χ3v) is 4.62. The van der Waals surface area contributed by atoms with Crippen molar-refractivity contribution in [2.75, 3.05) is 0 Å². The van der Waals surface area contributed by atoms with Crippen LogP contribution in [0.5, 0.6) is 5.75 Å². The molecular formula is C21H14FIN2O3. The van der Waals surface area contributed by atoms with Crippen LogP contribution in [0.2, 0.25) is 0 Å². The number of carbonyl (C=O) groups excluding carboxylic acids is 2. The second kappa shape index (κ2) is 9.23. The number of nitrogens with one attached hydrogen (secondary N) is 1. The Morgan fingerprint density at radius 1 is 0.929 bits per heavy atom. The molecule has 0 aliphatic carbocycles. The summed E-state index contributed by atoms with van der Waals surface area (Å²) < 4.78 is 19.6. The van der Waals surface area contributed by atoms with Gasteiger partial charge in [0, 0.05) is 3.57 Å². The molecule has 0 fully saturated rings. The van der Waals surface area contributed by atoms with Gasteiger partial charge in [-0.15, -0.1) is 0 Å². The Bertz CT molecular complexity index is 1040. The van der Waals surface area contributed by atoms with Crippen LogP contribution >= 0.6 is 22.6 Å². The van der Waals surface area contributed by atoms with Gasteiger partial charge < -0.3 is 4.74 Å². The molecule has 0 saturated heterocycles. The van der Waals surface area contributed by atoms with E-state index in [0.717, 1.165) is 3.57 Å². The normalized spacial score (nSPS) is 10.6. The molecule has 0 aromatic heterocycles. The average molecular weight is 488 g/mol. The van der Waals surface area contributed by atoms with Crippen molar-refractivity contribution in [2.24, 2.45) is 5.10 Å². The lowest BCUT2D eigenvalue weighted by atomic mass is 10.2. The first-order chi connectivity index (χ1) is 13.5. The fourth-order valence-electron chi connectivity index (χ4n) is 2.28. The number of rotatable bonds is 5. The number of hydrazone groups is 1. The predicted molar refractivity (Wildman–Crippen MR) is 112 cm³/mol. The van der Waals surface area contributed by atoms with Crippen molar-refractivity contribution in [3.63, 3.8) is 0 Å². The molecule has 0 heterocycles. The maximum absolute atomic E-state index is 13.6. The summed E-state index contributed by atoms with van der Waals surface area (Å²) in [6, 6.07) is 19.2. The van der Waals surface area contributed by atoms with Crippen molar-refractivity contribution in [3.05, 3.63) is 98.9 Å². The first kappa shape index (κ1) is 19.7. The maximum atomic E-state index is 13.6. The monoisotopic (exact) mass is 488 g/mol. The van der Waals surface area contributed by atoms with Gasteiger partial charge in [-0.1, -0.05) is 24.3 Å². The highest BCUT2D eigenvalue weighted by Gasteiger charge is 2.13. The topological polar surface area (TPSA) is 67.8 Å². The molecule has 0 spiro atoms. The number of ether oxygens (including phenoxy) is 1. The van der Waals surface area contributed by atoms with Gasteiger partial charge in [-0.3, -0.25) is 4.79 Å². The summed E-state index contributed by atoms with van der Waals surface area (Å²) in [6.45, 7) is 0. The molecule has 3 aromatic rings. The number of nitrogens with zero attached hydrogens (tertiary/aromatic N) is 1. The fourth-order valence-corrected chi connectivity index (χ4v) is 2.91. The minimum atomic E-state index is -0.774. The van der Waals surface area contributed by atoms with Crippen LogP contribution in [0.15, 0.2) is 77.9 Å². The zero-order valence-corrected chi connectivity index (χ0v) is 16.6. The van der Waals surface area contributed by atoms with Crippen molar-refractivity contribution in [1.82, 2.24) is 5.43 Å². The summed E-state index contributed by atoms with van der Waals surface area (Å²) in [5.41, 5.74) is 3.55. The van der Waals surface area contributed by atoms with Gasteiger partial charge in [0.2, 0.25) is 0 Å². The molecule has 0 saturated carbocycles. The van der Waals surface area contributed by atoms with Crippen LogP contribution in [0.4, 0.5) is 4.39 Å². The van der Waals surface area contributed by atoms with Gasteiger partial charge in [-0.25, -0.2) is 14.6 Å². The second-order valence-corrected chi connectivity index (χ2v) is 6.78. The van der Waals surface area contributed by atoms with E-state index < -0.39 is 11.8 Å². The first-order valence-corrected chi connectivity index (χ1v) is 9.27. The highest BCUT2D eigenvalue weighted by molar-refractivity contribution is 14.1. The van der Waals surface area contributed by atoms with Crippen LogP contribution in [0.3, 0.4) is 0 Å². The zero-order valence-electron chi connectivity index (χ0n) is 14.4. The lowest BCUT2D eigenvalue weighted by Gasteiger charge is -2.05. The summed E-state index contributed by atoms with van der Waals surface area (Å²) in [7, 11) is 0. The Kier molecular flexibility index (Phi) is 6.49. The average Bonchev–Trinajstić information content (AvgIpc) is 2.70. The summed E-state index contributed by atoms with van der Waals surface area (Å²) >= 11 is 2.08. The first-order valence-electron chi connectivity index (χ1n) is 8.19. The minimum absolute atomic E-state index is 0.133. The van der Waals surface area contributed by atoms with Gasteiger partial charge in [0.25, 0.3) is 5.91 Å². The number of hydrogen-bond donors (Lipinski definition) is 1. The number of carbonyl (C=O) groups is 2. The maximum Gasteiger partial charge on any atom is 0.346 e. The van der Waals surface area contributed by atoms with Gasteiger partial charge in [0.05, 0.1) is 17.3 Å². The summed E-state index contributed by atoms with van der Waals surface area (Å²) in [5.74, 6) is -1.45. The molecule has 3 aromatic carbocycles. The van der Waals surface area contributed by atoms with Crippen LogP contribution in [0.1, 0.15) is 26.3 Å². The van der Waals surface area contributed by atoms with E-state index in [1.807, 2.05) is 12.1 Å². The molecule has 5 nitrogen and oxygen atoms in total. The molecule has 0 aliphatic rings. The predicted octanol–water partition coefficient (Wildman–Crippen LogP) is 4.41. The molecule has 3 rings (SSSR count). The van der Waals surface area contributed by atoms with Gasteiger partial charge >= 0.3 is 5.97 Å². The minimum Gasteiger partial charge on any atom is -0.423 e. The Morgan fingerprint density at radius 2 is 1.57 bits per heavy atom. The Balaban J connectivity index is 1.59. The quantitative estimate of drug-likeness (QED) is 0.190. The lowest BCUT2D eigenvalue weighted by Crippen LogP contribution is -2.18. The molecule has 7 heteroatoms. The number of hydrogen-bond acceptors (Lipinski definition) is 4. The Hall–Kier alpha value is -3.07. The van der Waals surface area contributed by atoms with Crippen LogP contribution in [0, 0.1) is 9.39 Å². The molecule has 0 unspecified atom stereocenters. The lowest BCUT2D eigenvalue weighted by molar-refractivity contribution is 0.0729. The van der Waals surface area contributed by atoms with Gasteiger partial charge in [0.1, 0.15) is 11.6 Å². The van der Waals surface area contributed by atoms with E-state index in [0.29, 0.717) is 11.1 Å². The molecule has 140 valence electrons. The van der Waals surface area contributed by atoms with E-state index in [1.54, 1.807) is 42.5 Å². The largest absolute Gasteiger partial charge is 0.423 e. The number of benzene rings is 3. The molecule has 1 amide bonds. The highest BCUT2D eigenvalue weighted by Crippen LogP contribution is 2.15. The molecule has 28 heavy (non-hydrogen) atoms. The van der Waals surface area contributed by atoms with Crippen molar-refractivity contribution >= 4 is 40.7 Å². The van der Waals surface area contributed by atoms with E-state index in [2.05, 4.69) is 33.1 Å². The SMILES string of the molecule is O=C(Oc1ccc(/C=N\NC(=O)c2ccccc2I)cc1)c1ccccc1F. The fraction of sp³-hybridized carbons (Fsp3) is 0. The van der Waals surface area contributed by atoms with Crippen molar-refractivity contribution in [2.45, 2.75) is 0 Å². The van der Waals surface area contributed by atoms with E-state index in [1.165, 1.54) is 24.4 Å². The van der Waals surface area contributed by atoms with E-state index in [4.69, 9.17) is 4.74 Å². The van der Waals surface area contributed by atoms with E-state index >= 15 is 0 Å². The second-order valence-electron chi connectivity index (χ2n) is 5.62.